The van der Waals surface area contributed by atoms with Crippen molar-refractivity contribution in [3.8, 4) is 11.4 Å². The van der Waals surface area contributed by atoms with Crippen LogP contribution in [0.4, 0.5) is 0 Å². The van der Waals surface area contributed by atoms with Gasteiger partial charge in [-0.05, 0) is 37.0 Å². The highest BCUT2D eigenvalue weighted by molar-refractivity contribution is 8.00. The number of benzene rings is 1. The average molecular weight is 395 g/mol. The minimum absolute atomic E-state index is 0.0989. The number of hydrogen-bond donors (Lipinski definition) is 1. The standard InChI is InChI=1S/C20H22N6OS/c21-26-18(16-10-7-11-22-14-16)23-24-20(26)28-17(15-8-3-1-4-9-15)19(27)25-12-5-2-6-13-25/h1,3-4,7-11,14,17H,2,5-6,12-13,21H2/t17-/m1/s1. The third-order valence-corrected chi connectivity index (χ3v) is 6.00. The summed E-state index contributed by atoms with van der Waals surface area (Å²) < 4.78 is 1.43. The van der Waals surface area contributed by atoms with Gasteiger partial charge in [0.1, 0.15) is 5.25 Å². The zero-order chi connectivity index (χ0) is 19.3. The molecule has 1 aliphatic rings. The average Bonchev–Trinajstić information content (AvgIpc) is 3.13. The quantitative estimate of drug-likeness (QED) is 0.529. The Morgan fingerprint density at radius 1 is 1.04 bits per heavy atom. The first-order valence-corrected chi connectivity index (χ1v) is 10.2. The molecule has 7 nitrogen and oxygen atoms in total. The predicted octanol–water partition coefficient (Wildman–Crippen LogP) is 2.90. The van der Waals surface area contributed by atoms with E-state index in [1.165, 1.54) is 22.9 Å². The van der Waals surface area contributed by atoms with Crippen LogP contribution in [0.1, 0.15) is 30.1 Å². The zero-order valence-corrected chi connectivity index (χ0v) is 16.3. The van der Waals surface area contributed by atoms with Crippen LogP contribution >= 0.6 is 11.8 Å². The number of nitrogen functional groups attached to an aromatic ring is 1. The maximum absolute atomic E-state index is 13.3. The van der Waals surface area contributed by atoms with E-state index in [0.717, 1.165) is 37.1 Å². The van der Waals surface area contributed by atoms with Gasteiger partial charge in [0.25, 0.3) is 0 Å². The summed E-state index contributed by atoms with van der Waals surface area (Å²) in [5.41, 5.74) is 1.72. The monoisotopic (exact) mass is 394 g/mol. The molecular weight excluding hydrogens is 372 g/mol. The van der Waals surface area contributed by atoms with Crippen LogP contribution in [-0.2, 0) is 4.79 Å². The van der Waals surface area contributed by atoms with E-state index in [-0.39, 0.29) is 5.91 Å². The van der Waals surface area contributed by atoms with E-state index in [0.29, 0.717) is 11.0 Å². The normalized spacial score (nSPS) is 15.4. The van der Waals surface area contributed by atoms with Gasteiger partial charge in [-0.15, -0.1) is 10.2 Å². The maximum atomic E-state index is 13.3. The van der Waals surface area contributed by atoms with Crippen LogP contribution < -0.4 is 5.84 Å². The number of hydrogen-bond acceptors (Lipinski definition) is 6. The number of likely N-dealkylation sites (tertiary alicyclic amines) is 1. The Bertz CT molecular complexity index is 924. The van der Waals surface area contributed by atoms with Gasteiger partial charge in [0.05, 0.1) is 0 Å². The minimum atomic E-state index is -0.410. The molecule has 0 aliphatic carbocycles. The van der Waals surface area contributed by atoms with Crippen LogP contribution in [0.5, 0.6) is 0 Å². The molecule has 1 amide bonds. The van der Waals surface area contributed by atoms with E-state index in [1.807, 2.05) is 47.4 Å². The number of nitrogens with zero attached hydrogens (tertiary/aromatic N) is 5. The molecule has 144 valence electrons. The number of nitrogens with two attached hydrogens (primary N) is 1. The summed E-state index contributed by atoms with van der Waals surface area (Å²) in [6, 6.07) is 13.5. The number of aromatic nitrogens is 4. The molecule has 2 N–H and O–H groups in total. The fourth-order valence-electron chi connectivity index (χ4n) is 3.32. The first-order valence-electron chi connectivity index (χ1n) is 9.35. The van der Waals surface area contributed by atoms with Crippen LogP contribution in [-0.4, -0.2) is 43.8 Å². The molecule has 3 heterocycles. The van der Waals surface area contributed by atoms with Crippen LogP contribution in [0.2, 0.25) is 0 Å². The lowest BCUT2D eigenvalue weighted by molar-refractivity contribution is -0.131. The third kappa shape index (κ3) is 3.87. The van der Waals surface area contributed by atoms with Gasteiger partial charge in [-0.1, -0.05) is 42.1 Å². The molecule has 0 spiro atoms. The fourth-order valence-corrected chi connectivity index (χ4v) is 4.37. The van der Waals surface area contributed by atoms with Crippen LogP contribution in [0.15, 0.2) is 60.0 Å². The summed E-state index contributed by atoms with van der Waals surface area (Å²) in [7, 11) is 0. The van der Waals surface area contributed by atoms with E-state index in [2.05, 4.69) is 15.2 Å². The Hall–Kier alpha value is -2.87. The van der Waals surface area contributed by atoms with E-state index >= 15 is 0 Å². The predicted molar refractivity (Wildman–Crippen MR) is 109 cm³/mol. The maximum Gasteiger partial charge on any atom is 0.240 e. The number of carbonyl (C=O) groups is 1. The molecule has 0 saturated carbocycles. The highest BCUT2D eigenvalue weighted by atomic mass is 32.2. The van der Waals surface area contributed by atoms with Crippen LogP contribution in [0.25, 0.3) is 11.4 Å². The largest absolute Gasteiger partial charge is 0.341 e. The van der Waals surface area contributed by atoms with Crippen molar-refractivity contribution in [1.82, 2.24) is 24.8 Å². The summed E-state index contributed by atoms with van der Waals surface area (Å²) in [4.78, 5) is 19.3. The SMILES string of the molecule is Nn1c(S[C@@H](C(=O)N2CCCCC2)c2ccccc2)nnc1-c1cccnc1. The molecule has 8 heteroatoms. The molecule has 4 rings (SSSR count). The lowest BCUT2D eigenvalue weighted by Crippen LogP contribution is -2.38. The van der Waals surface area contributed by atoms with Crippen molar-refractivity contribution < 1.29 is 4.79 Å². The van der Waals surface area contributed by atoms with Crippen molar-refractivity contribution in [2.75, 3.05) is 18.9 Å². The van der Waals surface area contributed by atoms with Crippen molar-refractivity contribution in [3.05, 3.63) is 60.4 Å². The molecule has 0 unspecified atom stereocenters. The number of carbonyl (C=O) groups excluding carboxylic acids is 1. The highest BCUT2D eigenvalue weighted by Gasteiger charge is 2.30. The molecule has 1 aliphatic heterocycles. The van der Waals surface area contributed by atoms with Gasteiger partial charge in [0.2, 0.25) is 11.1 Å². The highest BCUT2D eigenvalue weighted by Crippen LogP contribution is 2.37. The summed E-state index contributed by atoms with van der Waals surface area (Å²) in [5.74, 6) is 6.88. The first kappa shape index (κ1) is 18.5. The smallest absolute Gasteiger partial charge is 0.240 e. The lowest BCUT2D eigenvalue weighted by Gasteiger charge is -2.30. The Kier molecular flexibility index (Phi) is 5.57. The van der Waals surface area contributed by atoms with Crippen molar-refractivity contribution in [2.45, 2.75) is 29.7 Å². The van der Waals surface area contributed by atoms with E-state index < -0.39 is 5.25 Å². The van der Waals surface area contributed by atoms with Gasteiger partial charge < -0.3 is 10.7 Å². The number of rotatable bonds is 5. The molecule has 0 radical (unpaired) electrons. The number of thioether (sulfide) groups is 1. The lowest BCUT2D eigenvalue weighted by atomic mass is 10.1. The summed E-state index contributed by atoms with van der Waals surface area (Å²) >= 11 is 1.34. The van der Waals surface area contributed by atoms with Gasteiger partial charge >= 0.3 is 0 Å². The van der Waals surface area contributed by atoms with Crippen molar-refractivity contribution in [1.29, 1.82) is 0 Å². The second-order valence-electron chi connectivity index (χ2n) is 6.71. The van der Waals surface area contributed by atoms with Crippen LogP contribution in [0, 0.1) is 0 Å². The molecular formula is C20H22N6OS. The van der Waals surface area contributed by atoms with Gasteiger partial charge in [-0.3, -0.25) is 9.78 Å². The van der Waals surface area contributed by atoms with Gasteiger partial charge in [-0.2, -0.15) is 0 Å². The van der Waals surface area contributed by atoms with Gasteiger partial charge in [0, 0.05) is 31.0 Å². The van der Waals surface area contributed by atoms with Crippen molar-refractivity contribution in [2.24, 2.45) is 0 Å². The Morgan fingerprint density at radius 2 is 1.82 bits per heavy atom. The third-order valence-electron chi connectivity index (χ3n) is 4.80. The van der Waals surface area contributed by atoms with Gasteiger partial charge in [0.15, 0.2) is 5.82 Å². The summed E-state index contributed by atoms with van der Waals surface area (Å²) in [6.45, 7) is 1.61. The number of pyridine rings is 1. The van der Waals surface area contributed by atoms with E-state index in [4.69, 9.17) is 5.84 Å². The number of amides is 1. The fraction of sp³-hybridized carbons (Fsp3) is 0.300. The Morgan fingerprint density at radius 3 is 2.54 bits per heavy atom. The Labute approximate surface area is 167 Å². The van der Waals surface area contributed by atoms with E-state index in [9.17, 15) is 4.79 Å². The molecule has 2 aromatic heterocycles. The minimum Gasteiger partial charge on any atom is -0.341 e. The zero-order valence-electron chi connectivity index (χ0n) is 15.4. The molecule has 1 atom stereocenters. The molecule has 1 fully saturated rings. The molecule has 1 saturated heterocycles. The van der Waals surface area contributed by atoms with Crippen molar-refractivity contribution in [3.63, 3.8) is 0 Å². The molecule has 3 aromatic rings. The second kappa shape index (κ2) is 8.43. The summed E-state index contributed by atoms with van der Waals surface area (Å²) in [5, 5.41) is 8.53. The molecule has 1 aromatic carbocycles. The van der Waals surface area contributed by atoms with Crippen molar-refractivity contribution >= 4 is 17.7 Å². The van der Waals surface area contributed by atoms with Crippen LogP contribution in [0.3, 0.4) is 0 Å². The molecule has 28 heavy (non-hydrogen) atoms. The van der Waals surface area contributed by atoms with Gasteiger partial charge in [-0.25, -0.2) is 4.68 Å². The first-order chi connectivity index (χ1) is 13.7. The Balaban J connectivity index is 1.63. The topological polar surface area (TPSA) is 89.9 Å². The molecule has 0 bridgehead atoms. The summed E-state index contributed by atoms with van der Waals surface area (Å²) in [6.07, 6.45) is 6.67. The van der Waals surface area contributed by atoms with E-state index in [1.54, 1.807) is 12.4 Å². The second-order valence-corrected chi connectivity index (χ2v) is 7.78. The number of piperidine rings is 1.